The molecule has 0 aliphatic rings. The van der Waals surface area contributed by atoms with Gasteiger partial charge in [0.25, 0.3) is 0 Å². The van der Waals surface area contributed by atoms with Crippen LogP contribution in [0, 0.1) is 6.92 Å². The molecule has 2 rings (SSSR count). The number of benzene rings is 2. The SMILES string of the molecule is CN=C(NCCCOCc1ccc(OC)cc1)NCc1ccc(C)cc1OC.I. The minimum atomic E-state index is 0. The Morgan fingerprint density at radius 2 is 1.76 bits per heavy atom. The number of guanidine groups is 1. The van der Waals surface area contributed by atoms with E-state index in [9.17, 15) is 0 Å². The molecular weight excluding hydrogens is 481 g/mol. The van der Waals surface area contributed by atoms with Crippen LogP contribution in [0.25, 0.3) is 0 Å². The Kier molecular flexibility index (Phi) is 12.1. The highest BCUT2D eigenvalue weighted by molar-refractivity contribution is 14.0. The lowest BCUT2D eigenvalue weighted by atomic mass is 10.1. The summed E-state index contributed by atoms with van der Waals surface area (Å²) in [5.41, 5.74) is 3.41. The van der Waals surface area contributed by atoms with E-state index in [2.05, 4.69) is 34.7 Å². The maximum absolute atomic E-state index is 5.72. The fourth-order valence-electron chi connectivity index (χ4n) is 2.69. The van der Waals surface area contributed by atoms with Gasteiger partial charge in [0.15, 0.2) is 5.96 Å². The average Bonchev–Trinajstić information content (AvgIpc) is 2.73. The van der Waals surface area contributed by atoms with E-state index < -0.39 is 0 Å². The summed E-state index contributed by atoms with van der Waals surface area (Å²) in [6, 6.07) is 14.1. The van der Waals surface area contributed by atoms with Crippen molar-refractivity contribution in [1.82, 2.24) is 10.6 Å². The monoisotopic (exact) mass is 513 g/mol. The number of ether oxygens (including phenoxy) is 3. The maximum Gasteiger partial charge on any atom is 0.191 e. The van der Waals surface area contributed by atoms with Crippen LogP contribution in [0.1, 0.15) is 23.1 Å². The molecule has 0 aliphatic carbocycles. The van der Waals surface area contributed by atoms with Crippen LogP contribution >= 0.6 is 24.0 Å². The number of methoxy groups -OCH3 is 2. The van der Waals surface area contributed by atoms with Crippen LogP contribution in [0.3, 0.4) is 0 Å². The van der Waals surface area contributed by atoms with Crippen molar-refractivity contribution in [3.8, 4) is 11.5 Å². The van der Waals surface area contributed by atoms with Gasteiger partial charge in [-0.3, -0.25) is 4.99 Å². The Morgan fingerprint density at radius 1 is 1.00 bits per heavy atom. The summed E-state index contributed by atoms with van der Waals surface area (Å²) < 4.78 is 16.3. The second-order valence-corrected chi connectivity index (χ2v) is 6.42. The Balaban J connectivity index is 0.00000420. The minimum Gasteiger partial charge on any atom is -0.497 e. The molecule has 0 bridgehead atoms. The van der Waals surface area contributed by atoms with Crippen molar-refractivity contribution >= 4 is 29.9 Å². The topological polar surface area (TPSA) is 64.1 Å². The van der Waals surface area contributed by atoms with Gasteiger partial charge in [-0.05, 0) is 42.7 Å². The van der Waals surface area contributed by atoms with Gasteiger partial charge in [-0.25, -0.2) is 0 Å². The molecule has 2 aromatic rings. The van der Waals surface area contributed by atoms with Gasteiger partial charge in [-0.2, -0.15) is 0 Å². The summed E-state index contributed by atoms with van der Waals surface area (Å²) in [4.78, 5) is 4.26. The fourth-order valence-corrected chi connectivity index (χ4v) is 2.69. The molecule has 0 saturated heterocycles. The molecule has 0 spiro atoms. The third-order valence-corrected chi connectivity index (χ3v) is 4.30. The number of aliphatic imine (C=N–C) groups is 1. The molecule has 0 saturated carbocycles. The zero-order valence-corrected chi connectivity index (χ0v) is 20.0. The molecule has 0 amide bonds. The Bertz CT molecular complexity index is 751. The Labute approximate surface area is 191 Å². The first-order chi connectivity index (χ1) is 13.7. The first kappa shape index (κ1) is 25.0. The molecule has 2 aromatic carbocycles. The molecule has 0 radical (unpaired) electrons. The Morgan fingerprint density at radius 3 is 2.41 bits per heavy atom. The molecule has 0 unspecified atom stereocenters. The summed E-state index contributed by atoms with van der Waals surface area (Å²) >= 11 is 0. The number of aryl methyl sites for hydroxylation is 1. The van der Waals surface area contributed by atoms with Crippen LogP contribution in [0.2, 0.25) is 0 Å². The van der Waals surface area contributed by atoms with E-state index in [0.29, 0.717) is 19.8 Å². The average molecular weight is 513 g/mol. The molecule has 0 fully saturated rings. The van der Waals surface area contributed by atoms with E-state index in [0.717, 1.165) is 41.6 Å². The molecule has 160 valence electrons. The van der Waals surface area contributed by atoms with Gasteiger partial charge in [0, 0.05) is 32.3 Å². The number of hydrogen-bond donors (Lipinski definition) is 2. The van der Waals surface area contributed by atoms with Gasteiger partial charge in [-0.1, -0.05) is 24.3 Å². The summed E-state index contributed by atoms with van der Waals surface area (Å²) in [6.07, 6.45) is 0.894. The largest absolute Gasteiger partial charge is 0.497 e. The summed E-state index contributed by atoms with van der Waals surface area (Å²) in [5.74, 6) is 2.50. The molecule has 0 heterocycles. The lowest BCUT2D eigenvalue weighted by Gasteiger charge is -2.14. The van der Waals surface area contributed by atoms with Crippen LogP contribution in [0.4, 0.5) is 0 Å². The second-order valence-electron chi connectivity index (χ2n) is 6.42. The van der Waals surface area contributed by atoms with Gasteiger partial charge in [0.2, 0.25) is 0 Å². The molecule has 29 heavy (non-hydrogen) atoms. The van der Waals surface area contributed by atoms with Crippen molar-refractivity contribution in [2.75, 3.05) is 34.4 Å². The normalized spacial score (nSPS) is 10.8. The second kappa shape index (κ2) is 14.1. The summed E-state index contributed by atoms with van der Waals surface area (Å²) in [6.45, 7) is 4.77. The lowest BCUT2D eigenvalue weighted by Crippen LogP contribution is -2.37. The molecule has 0 aromatic heterocycles. The number of hydrogen-bond acceptors (Lipinski definition) is 4. The molecule has 0 atom stereocenters. The van der Waals surface area contributed by atoms with Gasteiger partial charge >= 0.3 is 0 Å². The highest BCUT2D eigenvalue weighted by Crippen LogP contribution is 2.19. The molecule has 6 nitrogen and oxygen atoms in total. The van der Waals surface area contributed by atoms with Crippen LogP contribution < -0.4 is 20.1 Å². The molecule has 0 aliphatic heterocycles. The molecule has 7 heteroatoms. The third-order valence-electron chi connectivity index (χ3n) is 4.30. The molecule has 2 N–H and O–H groups in total. The van der Waals surface area contributed by atoms with E-state index in [4.69, 9.17) is 14.2 Å². The third kappa shape index (κ3) is 8.91. The maximum atomic E-state index is 5.72. The standard InChI is InChI=1S/C22H31N3O3.HI/c1-17-6-9-19(21(14-17)27-4)15-25-22(23-2)24-12-5-13-28-16-18-7-10-20(26-3)11-8-18;/h6-11,14H,5,12-13,15-16H2,1-4H3,(H2,23,24,25);1H. The lowest BCUT2D eigenvalue weighted by molar-refractivity contribution is 0.119. The zero-order chi connectivity index (χ0) is 20.2. The van der Waals surface area contributed by atoms with Crippen molar-refractivity contribution in [2.45, 2.75) is 26.5 Å². The van der Waals surface area contributed by atoms with E-state index in [1.807, 2.05) is 30.3 Å². The van der Waals surface area contributed by atoms with E-state index in [-0.39, 0.29) is 24.0 Å². The van der Waals surface area contributed by atoms with Gasteiger partial charge < -0.3 is 24.8 Å². The van der Waals surface area contributed by atoms with E-state index >= 15 is 0 Å². The predicted octanol–water partition coefficient (Wildman–Crippen LogP) is 3.90. The quantitative estimate of drug-likeness (QED) is 0.219. The highest BCUT2D eigenvalue weighted by atomic mass is 127. The minimum absolute atomic E-state index is 0. The van der Waals surface area contributed by atoms with Crippen LogP contribution in [-0.4, -0.2) is 40.4 Å². The van der Waals surface area contributed by atoms with Crippen molar-refractivity contribution < 1.29 is 14.2 Å². The van der Waals surface area contributed by atoms with Crippen LogP contribution in [0.5, 0.6) is 11.5 Å². The van der Waals surface area contributed by atoms with Gasteiger partial charge in [0.05, 0.1) is 20.8 Å². The number of halogens is 1. The number of nitrogens with one attached hydrogen (secondary N) is 2. The van der Waals surface area contributed by atoms with E-state index in [1.165, 1.54) is 5.56 Å². The molecular formula is C22H32IN3O3. The van der Waals surface area contributed by atoms with Crippen molar-refractivity contribution in [3.05, 3.63) is 59.2 Å². The number of rotatable bonds is 10. The van der Waals surface area contributed by atoms with Gasteiger partial charge in [0.1, 0.15) is 11.5 Å². The van der Waals surface area contributed by atoms with Crippen molar-refractivity contribution in [2.24, 2.45) is 4.99 Å². The van der Waals surface area contributed by atoms with E-state index in [1.54, 1.807) is 21.3 Å². The number of nitrogens with zero attached hydrogens (tertiary/aromatic N) is 1. The van der Waals surface area contributed by atoms with Crippen molar-refractivity contribution in [3.63, 3.8) is 0 Å². The summed E-state index contributed by atoms with van der Waals surface area (Å²) in [5, 5.41) is 6.62. The first-order valence-corrected chi connectivity index (χ1v) is 9.45. The smallest absolute Gasteiger partial charge is 0.191 e. The predicted molar refractivity (Wildman–Crippen MR) is 129 cm³/mol. The fraction of sp³-hybridized carbons (Fsp3) is 0.409. The van der Waals surface area contributed by atoms with Crippen LogP contribution in [0.15, 0.2) is 47.5 Å². The van der Waals surface area contributed by atoms with Crippen molar-refractivity contribution in [1.29, 1.82) is 0 Å². The zero-order valence-electron chi connectivity index (χ0n) is 17.7. The van der Waals surface area contributed by atoms with Crippen LogP contribution in [-0.2, 0) is 17.9 Å². The highest BCUT2D eigenvalue weighted by Gasteiger charge is 2.04. The van der Waals surface area contributed by atoms with Gasteiger partial charge in [-0.15, -0.1) is 24.0 Å². The first-order valence-electron chi connectivity index (χ1n) is 9.45. The summed E-state index contributed by atoms with van der Waals surface area (Å²) in [7, 11) is 5.12. The Hall–Kier alpha value is -2.00.